The van der Waals surface area contributed by atoms with E-state index in [2.05, 4.69) is 0 Å². The van der Waals surface area contributed by atoms with E-state index in [9.17, 15) is 0 Å². The van der Waals surface area contributed by atoms with Crippen molar-refractivity contribution in [2.45, 2.75) is 0 Å². The molecule has 0 rings (SSSR count). The summed E-state index contributed by atoms with van der Waals surface area (Å²) in [4.78, 5) is 0. The Hall–Kier alpha value is 3.08. The van der Waals surface area contributed by atoms with E-state index in [1.54, 1.807) is 0 Å². The Bertz CT molecular complexity index is 43.4. The molecule has 13 heavy (non-hydrogen) atoms. The molecule has 0 radical (unpaired) electrons. The zero-order valence-electron chi connectivity index (χ0n) is 5.10. The van der Waals surface area contributed by atoms with Gasteiger partial charge in [0.25, 0.3) is 63.2 Å². The third-order valence-electron chi connectivity index (χ3n) is 0. The van der Waals surface area contributed by atoms with E-state index >= 15 is 0 Å². The average Bonchev–Trinajstić information content (AvgIpc) is 1.54. The van der Waals surface area contributed by atoms with E-state index in [1.165, 1.54) is 0 Å². The third-order valence-corrected chi connectivity index (χ3v) is 0. The van der Waals surface area contributed by atoms with Gasteiger partial charge in [0.15, 0.2) is 0 Å². The molecule has 0 aromatic carbocycles. The summed E-state index contributed by atoms with van der Waals surface area (Å²) in [7, 11) is 0. The maximum Gasteiger partial charge on any atom is 0.282 e. The van der Waals surface area contributed by atoms with Gasteiger partial charge >= 0.3 is 0 Å². The minimum atomic E-state index is -4.01. The Morgan fingerprint density at radius 3 is 0.385 bits per heavy atom. The number of halogens is 3. The van der Waals surface area contributed by atoms with E-state index in [1.807, 2.05) is 0 Å². The predicted octanol–water partition coefficient (Wildman–Crippen LogP) is -19.7. The quantitative estimate of drug-likeness (QED) is 0.221. The first-order chi connectivity index (χ1) is 5.20. The molecule has 0 aromatic rings. The SMILES string of the molecule is [Er].[O-][I+2]([O-])[O-].[O-][I+2]([O-])[O-].[O-][I+2]([O-])[O-]. The third kappa shape index (κ3) is 272. The standard InChI is InChI=1S/Er.3IO3/c;3*2-1(3)4/q;3*-1. The van der Waals surface area contributed by atoms with E-state index in [4.69, 9.17) is 30.9 Å². The second-order valence-corrected chi connectivity index (χ2v) is 3.80. The second-order valence-electron chi connectivity index (χ2n) is 0.567. The molecule has 0 amide bonds. The maximum absolute atomic E-state index is 8.57. The minimum absolute atomic E-state index is 0. The number of hydrogen-bond acceptors (Lipinski definition) is 9. The van der Waals surface area contributed by atoms with Crippen LogP contribution in [0.25, 0.3) is 0 Å². The van der Waals surface area contributed by atoms with Crippen LogP contribution in [-0.4, -0.2) is 0 Å². The van der Waals surface area contributed by atoms with Gasteiger partial charge in [-0.05, 0) is 0 Å². The molecule has 0 saturated carbocycles. The van der Waals surface area contributed by atoms with Gasteiger partial charge in [0.1, 0.15) is 0 Å². The average molecular weight is 692 g/mol. The smallest absolute Gasteiger partial charge is 0.282 e. The molecule has 0 aromatic heterocycles. The zero-order chi connectivity index (χ0) is 10.7. The molecule has 0 heterocycles. The van der Waals surface area contributed by atoms with Crippen LogP contribution >= 0.6 is 0 Å². The van der Waals surface area contributed by atoms with E-state index < -0.39 is 63.2 Å². The van der Waals surface area contributed by atoms with Crippen molar-refractivity contribution < 1.29 is 131 Å². The monoisotopic (exact) mass is 691 g/mol. The molecule has 13 heteroatoms. The van der Waals surface area contributed by atoms with Crippen molar-refractivity contribution in [1.29, 1.82) is 0 Å². The Kier molecular flexibility index (Phi) is 39.5. The normalized spacial score (nSPS) is 8.31. The maximum atomic E-state index is 8.57. The van der Waals surface area contributed by atoms with Gasteiger partial charge in [-0.25, -0.2) is 0 Å². The molecule has 0 atom stereocenters. The second kappa shape index (κ2) is 20.5. The molecule has 0 spiro atoms. The van der Waals surface area contributed by atoms with Gasteiger partial charge in [0.05, 0.1) is 0 Å². The summed E-state index contributed by atoms with van der Waals surface area (Å²) in [5.74, 6) is 0. The largest absolute Gasteiger partial charge is 0.427 e. The van der Waals surface area contributed by atoms with Crippen LogP contribution in [0.15, 0.2) is 0 Å². The fourth-order valence-electron chi connectivity index (χ4n) is 0. The molecule has 0 bridgehead atoms. The Balaban J connectivity index is -0.0000000450. The predicted molar refractivity (Wildman–Crippen MR) is 0 cm³/mol. The number of hydrogen-bond donors (Lipinski definition) is 0. The van der Waals surface area contributed by atoms with Crippen LogP contribution in [0.4, 0.5) is 0 Å². The Morgan fingerprint density at radius 1 is 0.385 bits per heavy atom. The summed E-state index contributed by atoms with van der Waals surface area (Å²) in [5, 5.41) is 0. The van der Waals surface area contributed by atoms with Crippen molar-refractivity contribution in [3.8, 4) is 0 Å². The molecule has 0 aliphatic rings. The molecule has 9 nitrogen and oxygen atoms in total. The number of rotatable bonds is 0. The van der Waals surface area contributed by atoms with Gasteiger partial charge < -0.3 is 30.9 Å². The summed E-state index contributed by atoms with van der Waals surface area (Å²) in [6, 6.07) is 0. The summed E-state index contributed by atoms with van der Waals surface area (Å²) in [6.45, 7) is 0. The molecule has 0 unspecified atom stereocenters. The van der Waals surface area contributed by atoms with E-state index in [0.29, 0.717) is 0 Å². The van der Waals surface area contributed by atoms with Crippen LogP contribution in [-0.2, 0) is 0 Å². The van der Waals surface area contributed by atoms with Gasteiger partial charge in [-0.3, -0.25) is 0 Å². The van der Waals surface area contributed by atoms with Crippen LogP contribution in [0, 0.1) is 37.3 Å². The van der Waals surface area contributed by atoms with Crippen LogP contribution in [0.3, 0.4) is 0 Å². The molecular weight excluding hydrogens is 692 g/mol. The molecule has 0 saturated heterocycles. The van der Waals surface area contributed by atoms with E-state index in [0.717, 1.165) is 0 Å². The van der Waals surface area contributed by atoms with Gasteiger partial charge in [0, 0.05) is 37.3 Å². The van der Waals surface area contributed by atoms with Crippen molar-refractivity contribution in [2.24, 2.45) is 0 Å². The first-order valence-electron chi connectivity index (χ1n) is 1.39. The summed E-state index contributed by atoms with van der Waals surface area (Å²) >= 11 is -12.0. The topological polar surface area (TPSA) is 208 Å². The van der Waals surface area contributed by atoms with Crippen LogP contribution in [0.2, 0.25) is 0 Å². The molecule has 90 valence electrons. The molecule has 0 aliphatic carbocycles. The minimum Gasteiger partial charge on any atom is -0.427 e. The van der Waals surface area contributed by atoms with Crippen molar-refractivity contribution in [2.75, 3.05) is 0 Å². The van der Waals surface area contributed by atoms with Crippen molar-refractivity contribution in [3.05, 3.63) is 0 Å². The van der Waals surface area contributed by atoms with Gasteiger partial charge in [0.2, 0.25) is 0 Å². The molecule has 0 N–H and O–H groups in total. The summed E-state index contributed by atoms with van der Waals surface area (Å²) < 4.78 is 77.2. The Morgan fingerprint density at radius 2 is 0.385 bits per heavy atom. The molecule has 0 fully saturated rings. The summed E-state index contributed by atoms with van der Waals surface area (Å²) in [5.41, 5.74) is 0. The van der Waals surface area contributed by atoms with E-state index in [-0.39, 0.29) is 37.3 Å². The van der Waals surface area contributed by atoms with Crippen LogP contribution in [0.1, 0.15) is 0 Å². The first-order valence-corrected chi connectivity index (χ1v) is 9.32. The molecular formula is ErI3O9-3. The summed E-state index contributed by atoms with van der Waals surface area (Å²) in [6.07, 6.45) is 0. The van der Waals surface area contributed by atoms with Gasteiger partial charge in [-0.15, -0.1) is 0 Å². The fraction of sp³-hybridized carbons (Fsp3) is 0. The van der Waals surface area contributed by atoms with Crippen molar-refractivity contribution >= 4 is 0 Å². The fourth-order valence-corrected chi connectivity index (χ4v) is 0. The zero-order valence-corrected chi connectivity index (χ0v) is 13.4. The van der Waals surface area contributed by atoms with Crippen LogP contribution in [0.5, 0.6) is 0 Å². The Labute approximate surface area is 129 Å². The first kappa shape index (κ1) is 25.1. The van der Waals surface area contributed by atoms with Crippen LogP contribution < -0.4 is 94.1 Å². The molecule has 0 aliphatic heterocycles. The van der Waals surface area contributed by atoms with Gasteiger partial charge in [-0.2, -0.15) is 0 Å². The van der Waals surface area contributed by atoms with Crippen molar-refractivity contribution in [1.82, 2.24) is 0 Å². The van der Waals surface area contributed by atoms with Crippen molar-refractivity contribution in [3.63, 3.8) is 0 Å². The van der Waals surface area contributed by atoms with Gasteiger partial charge in [-0.1, -0.05) is 0 Å².